The van der Waals surface area contributed by atoms with E-state index in [0.29, 0.717) is 16.5 Å². The Labute approximate surface area is 87.5 Å². The van der Waals surface area contributed by atoms with E-state index in [9.17, 15) is 0 Å². The van der Waals surface area contributed by atoms with Crippen molar-refractivity contribution in [1.29, 1.82) is 0 Å². The Morgan fingerprint density at radius 1 is 1.29 bits per heavy atom. The summed E-state index contributed by atoms with van der Waals surface area (Å²) in [4.78, 5) is 4.53. The van der Waals surface area contributed by atoms with Crippen LogP contribution in [-0.4, -0.2) is 14.2 Å². The molecule has 0 aliphatic carbocycles. The Morgan fingerprint density at radius 2 is 2.00 bits per heavy atom. The first-order valence-electron chi connectivity index (χ1n) is 3.95. The summed E-state index contributed by atoms with van der Waals surface area (Å²) in [7, 11) is 3.09. The van der Waals surface area contributed by atoms with Crippen LogP contribution in [0.2, 0.25) is 5.02 Å². The van der Waals surface area contributed by atoms with Crippen molar-refractivity contribution in [3.8, 4) is 11.5 Å². The zero-order valence-electron chi connectivity index (χ0n) is 8.04. The second-order valence-electron chi connectivity index (χ2n) is 2.61. The van der Waals surface area contributed by atoms with Gasteiger partial charge in [-0.25, -0.2) is 5.90 Å². The largest absolute Gasteiger partial charge is 0.493 e. The number of hydrogen-bond donors (Lipinski definition) is 1. The molecule has 0 bridgehead atoms. The summed E-state index contributed by atoms with van der Waals surface area (Å²) in [5.74, 6) is 6.13. The lowest BCUT2D eigenvalue weighted by Gasteiger charge is -2.12. The maximum atomic E-state index is 5.86. The van der Waals surface area contributed by atoms with Gasteiger partial charge < -0.3 is 9.47 Å². The highest BCUT2D eigenvalue weighted by Crippen LogP contribution is 2.34. The molecule has 0 saturated carbocycles. The van der Waals surface area contributed by atoms with E-state index < -0.39 is 0 Å². The lowest BCUT2D eigenvalue weighted by atomic mass is 10.2. The SMILES string of the molecule is COc1cc(Cl)cc(CON)c1OC. The van der Waals surface area contributed by atoms with Crippen molar-refractivity contribution in [3.63, 3.8) is 0 Å². The molecular formula is C9H12ClNO3. The van der Waals surface area contributed by atoms with E-state index in [1.54, 1.807) is 26.4 Å². The molecule has 0 fully saturated rings. The van der Waals surface area contributed by atoms with Crippen LogP contribution in [0.25, 0.3) is 0 Å². The molecule has 0 saturated heterocycles. The minimum absolute atomic E-state index is 0.222. The summed E-state index contributed by atoms with van der Waals surface area (Å²) in [5, 5.41) is 0.551. The van der Waals surface area contributed by atoms with Crippen LogP contribution < -0.4 is 15.4 Å². The van der Waals surface area contributed by atoms with Crippen LogP contribution in [-0.2, 0) is 11.4 Å². The average Bonchev–Trinajstić information content (AvgIpc) is 2.17. The van der Waals surface area contributed by atoms with Gasteiger partial charge in [-0.2, -0.15) is 0 Å². The molecule has 0 atom stereocenters. The van der Waals surface area contributed by atoms with Crippen molar-refractivity contribution in [2.24, 2.45) is 5.90 Å². The molecule has 0 aromatic heterocycles. The minimum Gasteiger partial charge on any atom is -0.493 e. The number of rotatable bonds is 4. The van der Waals surface area contributed by atoms with Gasteiger partial charge in [-0.15, -0.1) is 0 Å². The second kappa shape index (κ2) is 5.05. The van der Waals surface area contributed by atoms with Crippen molar-refractivity contribution < 1.29 is 14.3 Å². The van der Waals surface area contributed by atoms with Crippen molar-refractivity contribution >= 4 is 11.6 Å². The summed E-state index contributed by atoms with van der Waals surface area (Å²) in [6.45, 7) is 0.222. The number of nitrogens with two attached hydrogens (primary N) is 1. The van der Waals surface area contributed by atoms with Crippen molar-refractivity contribution in [1.82, 2.24) is 0 Å². The predicted octanol–water partition coefficient (Wildman–Crippen LogP) is 1.75. The lowest BCUT2D eigenvalue weighted by Crippen LogP contribution is -2.02. The first kappa shape index (κ1) is 11.1. The minimum atomic E-state index is 0.222. The predicted molar refractivity (Wildman–Crippen MR) is 53.5 cm³/mol. The highest BCUT2D eigenvalue weighted by Gasteiger charge is 2.11. The lowest BCUT2D eigenvalue weighted by molar-refractivity contribution is 0.121. The number of benzene rings is 1. The standard InChI is InChI=1S/C9H12ClNO3/c1-12-8-4-7(10)3-6(5-14-11)9(8)13-2/h3-4H,5,11H2,1-2H3. The number of ether oxygens (including phenoxy) is 2. The third kappa shape index (κ3) is 2.29. The third-order valence-corrected chi connectivity index (χ3v) is 1.98. The fourth-order valence-corrected chi connectivity index (χ4v) is 1.43. The van der Waals surface area contributed by atoms with Crippen LogP contribution in [0.4, 0.5) is 0 Å². The molecule has 2 N–H and O–H groups in total. The molecule has 0 aliphatic rings. The second-order valence-corrected chi connectivity index (χ2v) is 3.05. The number of methoxy groups -OCH3 is 2. The van der Waals surface area contributed by atoms with E-state index in [1.165, 1.54) is 0 Å². The first-order valence-corrected chi connectivity index (χ1v) is 4.32. The molecule has 0 unspecified atom stereocenters. The molecule has 1 rings (SSSR count). The van der Waals surface area contributed by atoms with Crippen LogP contribution in [0, 0.1) is 0 Å². The van der Waals surface area contributed by atoms with Gasteiger partial charge in [-0.3, -0.25) is 4.84 Å². The van der Waals surface area contributed by atoms with Gasteiger partial charge in [-0.1, -0.05) is 11.6 Å². The topological polar surface area (TPSA) is 53.7 Å². The zero-order chi connectivity index (χ0) is 10.6. The van der Waals surface area contributed by atoms with Gasteiger partial charge >= 0.3 is 0 Å². The molecule has 1 aromatic carbocycles. The fourth-order valence-electron chi connectivity index (χ4n) is 1.20. The molecule has 0 amide bonds. The molecule has 78 valence electrons. The van der Waals surface area contributed by atoms with Gasteiger partial charge in [0.2, 0.25) is 0 Å². The maximum Gasteiger partial charge on any atom is 0.166 e. The monoisotopic (exact) mass is 217 g/mol. The molecule has 14 heavy (non-hydrogen) atoms. The Bertz CT molecular complexity index is 317. The van der Waals surface area contributed by atoms with E-state index in [4.69, 9.17) is 27.0 Å². The Kier molecular flexibility index (Phi) is 4.00. The van der Waals surface area contributed by atoms with Crippen molar-refractivity contribution in [2.45, 2.75) is 6.61 Å². The summed E-state index contributed by atoms with van der Waals surface area (Å²) in [6.07, 6.45) is 0. The molecule has 5 heteroatoms. The van der Waals surface area contributed by atoms with Crippen LogP contribution in [0.5, 0.6) is 11.5 Å². The third-order valence-electron chi connectivity index (χ3n) is 1.76. The summed E-state index contributed by atoms with van der Waals surface area (Å²) in [6, 6.07) is 3.39. The summed E-state index contributed by atoms with van der Waals surface area (Å²) in [5.41, 5.74) is 0.749. The molecule has 4 nitrogen and oxygen atoms in total. The van der Waals surface area contributed by atoms with Crippen molar-refractivity contribution in [3.05, 3.63) is 22.7 Å². The normalized spacial score (nSPS) is 10.0. The van der Waals surface area contributed by atoms with E-state index in [1.807, 2.05) is 0 Å². The molecule has 0 heterocycles. The van der Waals surface area contributed by atoms with Gasteiger partial charge in [0.05, 0.1) is 20.8 Å². The quantitative estimate of drug-likeness (QED) is 0.781. The van der Waals surface area contributed by atoms with Gasteiger partial charge in [-0.05, 0) is 6.07 Å². The summed E-state index contributed by atoms with van der Waals surface area (Å²) >= 11 is 5.86. The van der Waals surface area contributed by atoms with E-state index in [2.05, 4.69) is 4.84 Å². The fraction of sp³-hybridized carbons (Fsp3) is 0.333. The zero-order valence-corrected chi connectivity index (χ0v) is 8.80. The van der Waals surface area contributed by atoms with Crippen LogP contribution >= 0.6 is 11.6 Å². The van der Waals surface area contributed by atoms with Crippen molar-refractivity contribution in [2.75, 3.05) is 14.2 Å². The molecule has 1 aromatic rings. The Morgan fingerprint density at radius 3 is 2.50 bits per heavy atom. The Hall–Kier alpha value is -0.970. The Balaban J connectivity index is 3.17. The first-order chi connectivity index (χ1) is 6.72. The molecule has 0 aliphatic heterocycles. The number of hydrogen-bond acceptors (Lipinski definition) is 4. The molecule has 0 spiro atoms. The van der Waals surface area contributed by atoms with Crippen LogP contribution in [0.1, 0.15) is 5.56 Å². The highest BCUT2D eigenvalue weighted by molar-refractivity contribution is 6.30. The number of halogens is 1. The maximum absolute atomic E-state index is 5.86. The molecular weight excluding hydrogens is 206 g/mol. The van der Waals surface area contributed by atoms with Crippen LogP contribution in [0.3, 0.4) is 0 Å². The van der Waals surface area contributed by atoms with E-state index >= 15 is 0 Å². The summed E-state index contributed by atoms with van der Waals surface area (Å²) < 4.78 is 10.3. The average molecular weight is 218 g/mol. The smallest absolute Gasteiger partial charge is 0.166 e. The highest BCUT2D eigenvalue weighted by atomic mass is 35.5. The van der Waals surface area contributed by atoms with Gasteiger partial charge in [0, 0.05) is 16.7 Å². The van der Waals surface area contributed by atoms with Crippen LogP contribution in [0.15, 0.2) is 12.1 Å². The van der Waals surface area contributed by atoms with Gasteiger partial charge in [0.25, 0.3) is 0 Å². The van der Waals surface area contributed by atoms with Gasteiger partial charge in [0.15, 0.2) is 11.5 Å². The van der Waals surface area contributed by atoms with Gasteiger partial charge in [0.1, 0.15) is 0 Å². The van der Waals surface area contributed by atoms with E-state index in [-0.39, 0.29) is 6.61 Å². The van der Waals surface area contributed by atoms with E-state index in [0.717, 1.165) is 5.56 Å². The molecule has 0 radical (unpaired) electrons.